The minimum absolute atomic E-state index is 0.0609. The molecule has 7 nitrogen and oxygen atoms in total. The summed E-state index contributed by atoms with van der Waals surface area (Å²) in [6, 6.07) is 16.7. The third-order valence-electron chi connectivity index (χ3n) is 5.27. The number of carbonyl (C=O) groups is 1. The molecular weight excluding hydrogens is 440 g/mol. The van der Waals surface area contributed by atoms with Crippen molar-refractivity contribution in [2.24, 2.45) is 0 Å². The van der Waals surface area contributed by atoms with E-state index >= 15 is 0 Å². The van der Waals surface area contributed by atoms with Crippen LogP contribution in [-0.2, 0) is 0 Å². The molecule has 1 fully saturated rings. The number of nitrogens with zero attached hydrogens (tertiary/aromatic N) is 4. The first kappa shape index (κ1) is 22.4. The summed E-state index contributed by atoms with van der Waals surface area (Å²) < 4.78 is 11.3. The van der Waals surface area contributed by atoms with Gasteiger partial charge in [-0.3, -0.25) is 4.79 Å². The highest BCUT2D eigenvalue weighted by molar-refractivity contribution is 6.30. The Bertz CT molecular complexity index is 1190. The van der Waals surface area contributed by atoms with Crippen molar-refractivity contribution in [3.63, 3.8) is 0 Å². The van der Waals surface area contributed by atoms with Crippen LogP contribution in [0.15, 0.2) is 52.9 Å². The summed E-state index contributed by atoms with van der Waals surface area (Å²) in [4.78, 5) is 20.8. The first-order chi connectivity index (χ1) is 16.1. The number of aromatic nitrogens is 1. The maximum Gasteiger partial charge on any atom is 0.254 e. The van der Waals surface area contributed by atoms with Crippen LogP contribution in [0.2, 0.25) is 5.02 Å². The first-order valence-electron chi connectivity index (χ1n) is 10.7. The molecule has 4 rings (SSSR count). The summed E-state index contributed by atoms with van der Waals surface area (Å²) in [6.45, 7) is 4.66. The van der Waals surface area contributed by atoms with Crippen molar-refractivity contribution < 1.29 is 13.9 Å². The molecule has 0 atom stereocenters. The second-order valence-electron chi connectivity index (χ2n) is 7.44. The Balaban J connectivity index is 1.41. The molecule has 0 saturated carbocycles. The molecule has 2 heterocycles. The van der Waals surface area contributed by atoms with E-state index in [0.717, 1.165) is 11.3 Å². The van der Waals surface area contributed by atoms with E-state index in [0.29, 0.717) is 55.1 Å². The Morgan fingerprint density at radius 2 is 1.94 bits per heavy atom. The van der Waals surface area contributed by atoms with Crippen LogP contribution in [0.5, 0.6) is 5.75 Å². The van der Waals surface area contributed by atoms with Crippen LogP contribution in [0.25, 0.3) is 12.2 Å². The number of carbonyl (C=O) groups excluding carboxylic acids is 1. The predicted molar refractivity (Wildman–Crippen MR) is 127 cm³/mol. The number of oxazole rings is 1. The van der Waals surface area contributed by atoms with Crippen LogP contribution in [0.1, 0.15) is 34.4 Å². The fourth-order valence-corrected chi connectivity index (χ4v) is 3.80. The average molecular weight is 463 g/mol. The van der Waals surface area contributed by atoms with Gasteiger partial charge in [-0.15, -0.1) is 0 Å². The molecule has 0 N–H and O–H groups in total. The van der Waals surface area contributed by atoms with Gasteiger partial charge >= 0.3 is 0 Å². The predicted octanol–water partition coefficient (Wildman–Crippen LogP) is 4.73. The molecule has 1 aliphatic rings. The van der Waals surface area contributed by atoms with E-state index in [1.807, 2.05) is 42.2 Å². The molecule has 1 aromatic heterocycles. The summed E-state index contributed by atoms with van der Waals surface area (Å²) in [5.74, 6) is 1.54. The van der Waals surface area contributed by atoms with Crippen molar-refractivity contribution >= 4 is 35.5 Å². The summed E-state index contributed by atoms with van der Waals surface area (Å²) in [7, 11) is 0. The van der Waals surface area contributed by atoms with Gasteiger partial charge in [-0.1, -0.05) is 29.8 Å². The van der Waals surface area contributed by atoms with E-state index in [2.05, 4.69) is 11.1 Å². The van der Waals surface area contributed by atoms with Gasteiger partial charge in [0.15, 0.2) is 0 Å². The topological polar surface area (TPSA) is 82.6 Å². The number of hydrogen-bond donors (Lipinski definition) is 0. The van der Waals surface area contributed by atoms with E-state index in [1.54, 1.807) is 35.2 Å². The zero-order valence-electron chi connectivity index (χ0n) is 18.2. The number of ether oxygens (including phenoxy) is 1. The second-order valence-corrected chi connectivity index (χ2v) is 7.88. The van der Waals surface area contributed by atoms with E-state index < -0.39 is 0 Å². The van der Waals surface area contributed by atoms with Crippen LogP contribution < -0.4 is 9.64 Å². The quantitative estimate of drug-likeness (QED) is 0.526. The zero-order chi connectivity index (χ0) is 23.2. The lowest BCUT2D eigenvalue weighted by Gasteiger charge is -2.34. The number of halogens is 1. The third kappa shape index (κ3) is 5.36. The van der Waals surface area contributed by atoms with Gasteiger partial charge in [-0.2, -0.15) is 10.2 Å². The standard InChI is InChI=1S/C25H23ClN4O3/c1-2-32-21-9-6-18(7-10-21)8-11-23-28-22(17-27)25(33-23)30-14-12-29(13-15-30)24(31)19-4-3-5-20(26)16-19/h3-11,16H,2,12-15H2,1H3. The Morgan fingerprint density at radius 3 is 2.61 bits per heavy atom. The molecule has 0 unspecified atom stereocenters. The Kier molecular flexibility index (Phi) is 6.96. The van der Waals surface area contributed by atoms with E-state index in [4.69, 9.17) is 20.8 Å². The lowest BCUT2D eigenvalue weighted by molar-refractivity contribution is 0.0745. The van der Waals surface area contributed by atoms with Crippen LogP contribution in [0, 0.1) is 11.3 Å². The molecule has 168 valence electrons. The number of benzene rings is 2. The molecule has 8 heteroatoms. The fraction of sp³-hybridized carbons (Fsp3) is 0.240. The van der Waals surface area contributed by atoms with Crippen molar-refractivity contribution in [3.8, 4) is 11.8 Å². The van der Waals surface area contributed by atoms with Crippen molar-refractivity contribution in [2.75, 3.05) is 37.7 Å². The van der Waals surface area contributed by atoms with Crippen LogP contribution >= 0.6 is 11.6 Å². The van der Waals surface area contributed by atoms with Gasteiger partial charge in [-0.05, 0) is 48.9 Å². The van der Waals surface area contributed by atoms with Crippen molar-refractivity contribution in [2.45, 2.75) is 6.92 Å². The highest BCUT2D eigenvalue weighted by atomic mass is 35.5. The van der Waals surface area contributed by atoms with Crippen molar-refractivity contribution in [1.82, 2.24) is 9.88 Å². The zero-order valence-corrected chi connectivity index (χ0v) is 19.0. The molecule has 1 saturated heterocycles. The maximum absolute atomic E-state index is 12.7. The Morgan fingerprint density at radius 1 is 1.18 bits per heavy atom. The Hall–Kier alpha value is -3.76. The number of hydrogen-bond acceptors (Lipinski definition) is 6. The lowest BCUT2D eigenvalue weighted by Crippen LogP contribution is -2.48. The first-order valence-corrected chi connectivity index (χ1v) is 11.1. The van der Waals surface area contributed by atoms with Crippen molar-refractivity contribution in [3.05, 3.63) is 76.3 Å². The minimum Gasteiger partial charge on any atom is -0.494 e. The number of anilines is 1. The van der Waals surface area contributed by atoms with Gasteiger partial charge < -0.3 is 19.0 Å². The number of amides is 1. The number of piperazine rings is 1. The van der Waals surface area contributed by atoms with E-state index in [1.165, 1.54) is 0 Å². The maximum atomic E-state index is 12.7. The molecule has 2 aromatic carbocycles. The van der Waals surface area contributed by atoms with E-state index in [9.17, 15) is 10.1 Å². The largest absolute Gasteiger partial charge is 0.494 e. The summed E-state index contributed by atoms with van der Waals surface area (Å²) in [5.41, 5.74) is 1.76. The third-order valence-corrected chi connectivity index (χ3v) is 5.50. The van der Waals surface area contributed by atoms with Crippen LogP contribution in [-0.4, -0.2) is 48.6 Å². The van der Waals surface area contributed by atoms with Gasteiger partial charge in [0.1, 0.15) is 11.8 Å². The SMILES string of the molecule is CCOc1ccc(C=Cc2nc(C#N)c(N3CCN(C(=O)c4cccc(Cl)c4)CC3)o2)cc1. The molecular formula is C25H23ClN4O3. The minimum atomic E-state index is -0.0609. The molecule has 0 aliphatic carbocycles. The molecule has 3 aromatic rings. The Labute approximate surface area is 197 Å². The monoisotopic (exact) mass is 462 g/mol. The average Bonchev–Trinajstić information content (AvgIpc) is 3.27. The summed E-state index contributed by atoms with van der Waals surface area (Å²) >= 11 is 6.01. The molecule has 0 radical (unpaired) electrons. The van der Waals surface area contributed by atoms with Gasteiger partial charge in [0.05, 0.1) is 6.61 Å². The number of rotatable bonds is 6. The highest BCUT2D eigenvalue weighted by Gasteiger charge is 2.26. The van der Waals surface area contributed by atoms with Gasteiger partial charge in [0.2, 0.25) is 17.5 Å². The molecule has 33 heavy (non-hydrogen) atoms. The number of nitriles is 1. The van der Waals surface area contributed by atoms with Gasteiger partial charge in [0.25, 0.3) is 5.91 Å². The molecule has 0 spiro atoms. The summed E-state index contributed by atoms with van der Waals surface area (Å²) in [5, 5.41) is 10.1. The second kappa shape index (κ2) is 10.2. The molecule has 1 aliphatic heterocycles. The summed E-state index contributed by atoms with van der Waals surface area (Å²) in [6.07, 6.45) is 3.60. The van der Waals surface area contributed by atoms with Crippen LogP contribution in [0.4, 0.5) is 5.88 Å². The van der Waals surface area contributed by atoms with Crippen molar-refractivity contribution in [1.29, 1.82) is 5.26 Å². The van der Waals surface area contributed by atoms with Crippen LogP contribution in [0.3, 0.4) is 0 Å². The normalized spacial score (nSPS) is 13.8. The highest BCUT2D eigenvalue weighted by Crippen LogP contribution is 2.25. The molecule has 0 bridgehead atoms. The van der Waals surface area contributed by atoms with Gasteiger partial charge in [-0.25, -0.2) is 0 Å². The smallest absolute Gasteiger partial charge is 0.254 e. The fourth-order valence-electron chi connectivity index (χ4n) is 3.61. The lowest BCUT2D eigenvalue weighted by atomic mass is 10.2. The van der Waals surface area contributed by atoms with E-state index in [-0.39, 0.29) is 11.6 Å². The molecule has 1 amide bonds. The van der Waals surface area contributed by atoms with Gasteiger partial charge in [0, 0.05) is 42.8 Å².